The molecule has 2 rings (SSSR count). The molecule has 0 saturated carbocycles. The molecule has 0 aromatic rings. The van der Waals surface area contributed by atoms with Gasteiger partial charge in [-0.05, 0) is 26.3 Å². The van der Waals surface area contributed by atoms with Crippen molar-refractivity contribution >= 4 is 11.9 Å². The number of nitrogens with one attached hydrogen (secondary N) is 1. The fourth-order valence-corrected chi connectivity index (χ4v) is 2.64. The van der Waals surface area contributed by atoms with E-state index in [2.05, 4.69) is 5.32 Å². The van der Waals surface area contributed by atoms with Crippen LogP contribution in [0.3, 0.4) is 0 Å². The van der Waals surface area contributed by atoms with E-state index in [4.69, 9.17) is 9.84 Å². The SMILES string of the molecule is CC1(C(=O)N2CCOCC2C(=O)O)CCCNC1. The Bertz CT molecular complexity index is 339. The lowest BCUT2D eigenvalue weighted by Gasteiger charge is -2.41. The van der Waals surface area contributed by atoms with Crippen LogP contribution in [0.4, 0.5) is 0 Å². The van der Waals surface area contributed by atoms with Crippen LogP contribution in [0.25, 0.3) is 0 Å². The van der Waals surface area contributed by atoms with Gasteiger partial charge in [-0.2, -0.15) is 0 Å². The molecule has 1 amide bonds. The average Bonchev–Trinajstić information content (AvgIpc) is 2.38. The van der Waals surface area contributed by atoms with Crippen LogP contribution in [-0.2, 0) is 14.3 Å². The van der Waals surface area contributed by atoms with Crippen LogP contribution in [0, 0.1) is 5.41 Å². The largest absolute Gasteiger partial charge is 0.480 e. The molecule has 2 saturated heterocycles. The number of morpholine rings is 1. The molecule has 0 radical (unpaired) electrons. The van der Waals surface area contributed by atoms with Gasteiger partial charge >= 0.3 is 5.97 Å². The number of carbonyl (C=O) groups excluding carboxylic acids is 1. The zero-order valence-corrected chi connectivity index (χ0v) is 10.6. The monoisotopic (exact) mass is 256 g/mol. The minimum atomic E-state index is -0.990. The van der Waals surface area contributed by atoms with E-state index >= 15 is 0 Å². The van der Waals surface area contributed by atoms with Crippen LogP contribution in [0.2, 0.25) is 0 Å². The molecular weight excluding hydrogens is 236 g/mol. The molecule has 6 heteroatoms. The van der Waals surface area contributed by atoms with Gasteiger partial charge in [0, 0.05) is 13.1 Å². The third kappa shape index (κ3) is 2.49. The Morgan fingerprint density at radius 1 is 1.50 bits per heavy atom. The Labute approximate surface area is 106 Å². The van der Waals surface area contributed by atoms with E-state index in [0.29, 0.717) is 19.7 Å². The normalized spacial score (nSPS) is 33.2. The van der Waals surface area contributed by atoms with Crippen molar-refractivity contribution in [2.75, 3.05) is 32.8 Å². The summed E-state index contributed by atoms with van der Waals surface area (Å²) in [6.07, 6.45) is 1.76. The average molecular weight is 256 g/mol. The highest BCUT2D eigenvalue weighted by Crippen LogP contribution is 2.29. The number of aliphatic carboxylic acids is 1. The molecule has 2 fully saturated rings. The van der Waals surface area contributed by atoms with Crippen LogP contribution >= 0.6 is 0 Å². The van der Waals surface area contributed by atoms with Crippen molar-refractivity contribution in [1.82, 2.24) is 10.2 Å². The van der Waals surface area contributed by atoms with Crippen molar-refractivity contribution in [2.45, 2.75) is 25.8 Å². The second-order valence-electron chi connectivity index (χ2n) is 5.27. The minimum Gasteiger partial charge on any atom is -0.480 e. The Hall–Kier alpha value is -1.14. The molecule has 0 aliphatic carbocycles. The molecule has 0 aromatic heterocycles. The summed E-state index contributed by atoms with van der Waals surface area (Å²) in [5.74, 6) is -1.05. The van der Waals surface area contributed by atoms with Crippen molar-refractivity contribution < 1.29 is 19.4 Å². The van der Waals surface area contributed by atoms with Crippen molar-refractivity contribution in [3.05, 3.63) is 0 Å². The van der Waals surface area contributed by atoms with E-state index in [1.807, 2.05) is 6.92 Å². The van der Waals surface area contributed by atoms with Crippen molar-refractivity contribution in [2.24, 2.45) is 5.41 Å². The third-order valence-electron chi connectivity index (χ3n) is 3.79. The maximum Gasteiger partial charge on any atom is 0.328 e. The first-order valence-electron chi connectivity index (χ1n) is 6.37. The lowest BCUT2D eigenvalue weighted by molar-refractivity contribution is -0.163. The van der Waals surface area contributed by atoms with Crippen molar-refractivity contribution in [3.63, 3.8) is 0 Å². The molecule has 2 N–H and O–H groups in total. The second kappa shape index (κ2) is 5.24. The number of nitrogens with zero attached hydrogens (tertiary/aromatic N) is 1. The number of hydrogen-bond donors (Lipinski definition) is 2. The topological polar surface area (TPSA) is 78.9 Å². The van der Waals surface area contributed by atoms with Crippen molar-refractivity contribution in [3.8, 4) is 0 Å². The summed E-state index contributed by atoms with van der Waals surface area (Å²) >= 11 is 0. The molecule has 102 valence electrons. The van der Waals surface area contributed by atoms with E-state index in [0.717, 1.165) is 19.4 Å². The first-order chi connectivity index (χ1) is 8.54. The van der Waals surface area contributed by atoms with E-state index in [1.165, 1.54) is 4.90 Å². The Morgan fingerprint density at radius 2 is 2.28 bits per heavy atom. The van der Waals surface area contributed by atoms with Gasteiger partial charge in [0.2, 0.25) is 5.91 Å². The molecule has 18 heavy (non-hydrogen) atoms. The maximum atomic E-state index is 12.6. The summed E-state index contributed by atoms with van der Waals surface area (Å²) in [6.45, 7) is 4.33. The number of carbonyl (C=O) groups is 2. The van der Waals surface area contributed by atoms with Crippen LogP contribution in [0.5, 0.6) is 0 Å². The van der Waals surface area contributed by atoms with E-state index in [9.17, 15) is 9.59 Å². The Balaban J connectivity index is 2.12. The van der Waals surface area contributed by atoms with Gasteiger partial charge in [-0.15, -0.1) is 0 Å². The van der Waals surface area contributed by atoms with Crippen LogP contribution in [0.15, 0.2) is 0 Å². The molecular formula is C12H20N2O4. The molecule has 0 spiro atoms. The summed E-state index contributed by atoms with van der Waals surface area (Å²) in [4.78, 5) is 25.2. The summed E-state index contributed by atoms with van der Waals surface area (Å²) in [7, 11) is 0. The quantitative estimate of drug-likeness (QED) is 0.708. The van der Waals surface area contributed by atoms with Gasteiger partial charge in [0.1, 0.15) is 0 Å². The van der Waals surface area contributed by atoms with Gasteiger partial charge in [-0.25, -0.2) is 4.79 Å². The number of piperidine rings is 1. The van der Waals surface area contributed by atoms with Crippen LogP contribution in [0.1, 0.15) is 19.8 Å². The first kappa shape index (κ1) is 13.3. The Morgan fingerprint density at radius 3 is 2.89 bits per heavy atom. The lowest BCUT2D eigenvalue weighted by Crippen LogP contribution is -2.58. The molecule has 0 aromatic carbocycles. The standard InChI is InChI=1S/C12H20N2O4/c1-12(3-2-4-13-8-12)11(17)14-5-6-18-7-9(14)10(15)16/h9,13H,2-8H2,1H3,(H,15,16). The summed E-state index contributed by atoms with van der Waals surface area (Å²) in [6, 6.07) is -0.843. The van der Waals surface area contributed by atoms with E-state index in [-0.39, 0.29) is 12.5 Å². The molecule has 2 aliphatic rings. The van der Waals surface area contributed by atoms with Gasteiger partial charge < -0.3 is 20.1 Å². The molecule has 6 nitrogen and oxygen atoms in total. The predicted octanol–water partition coefficient (Wildman–Crippen LogP) is -0.312. The van der Waals surface area contributed by atoms with E-state index < -0.39 is 17.4 Å². The summed E-state index contributed by atoms with van der Waals surface area (Å²) in [5, 5.41) is 12.4. The van der Waals surface area contributed by atoms with Gasteiger partial charge in [0.05, 0.1) is 18.6 Å². The number of ether oxygens (including phenoxy) is 1. The molecule has 2 aliphatic heterocycles. The summed E-state index contributed by atoms with van der Waals surface area (Å²) < 4.78 is 5.15. The van der Waals surface area contributed by atoms with Crippen molar-refractivity contribution in [1.29, 1.82) is 0 Å². The maximum absolute atomic E-state index is 12.6. The Kier molecular flexibility index (Phi) is 3.87. The predicted molar refractivity (Wildman–Crippen MR) is 64.2 cm³/mol. The van der Waals surface area contributed by atoms with Gasteiger partial charge in [0.15, 0.2) is 6.04 Å². The number of rotatable bonds is 2. The minimum absolute atomic E-state index is 0.0644. The van der Waals surface area contributed by atoms with Crippen LogP contribution in [-0.4, -0.2) is 60.8 Å². The van der Waals surface area contributed by atoms with Gasteiger partial charge in [-0.3, -0.25) is 4.79 Å². The molecule has 2 unspecified atom stereocenters. The van der Waals surface area contributed by atoms with Gasteiger partial charge in [-0.1, -0.05) is 0 Å². The molecule has 2 heterocycles. The smallest absolute Gasteiger partial charge is 0.328 e. The third-order valence-corrected chi connectivity index (χ3v) is 3.79. The number of carboxylic acid groups (broad SMARTS) is 1. The highest BCUT2D eigenvalue weighted by Gasteiger charge is 2.42. The number of hydrogen-bond acceptors (Lipinski definition) is 4. The van der Waals surface area contributed by atoms with E-state index in [1.54, 1.807) is 0 Å². The number of amides is 1. The van der Waals surface area contributed by atoms with Crippen LogP contribution < -0.4 is 5.32 Å². The molecule has 0 bridgehead atoms. The zero-order valence-electron chi connectivity index (χ0n) is 10.6. The highest BCUT2D eigenvalue weighted by molar-refractivity contribution is 5.87. The zero-order chi connectivity index (χ0) is 13.2. The second-order valence-corrected chi connectivity index (χ2v) is 5.27. The highest BCUT2D eigenvalue weighted by atomic mass is 16.5. The fraction of sp³-hybridized carbons (Fsp3) is 0.833. The first-order valence-corrected chi connectivity index (χ1v) is 6.37. The molecule has 2 atom stereocenters. The summed E-state index contributed by atoms with van der Waals surface area (Å²) in [5.41, 5.74) is -0.483. The number of carboxylic acids is 1. The fourth-order valence-electron chi connectivity index (χ4n) is 2.64. The lowest BCUT2D eigenvalue weighted by atomic mass is 9.81. The van der Waals surface area contributed by atoms with Gasteiger partial charge in [0.25, 0.3) is 0 Å².